The molecule has 0 radical (unpaired) electrons. The van der Waals surface area contributed by atoms with Crippen molar-refractivity contribution in [3.05, 3.63) is 34.9 Å². The van der Waals surface area contributed by atoms with Crippen LogP contribution >= 0.6 is 0 Å². The summed E-state index contributed by atoms with van der Waals surface area (Å²) < 4.78 is 0. The van der Waals surface area contributed by atoms with Crippen molar-refractivity contribution in [3.8, 4) is 0 Å². The Morgan fingerprint density at radius 1 is 1.14 bits per heavy atom. The van der Waals surface area contributed by atoms with Crippen molar-refractivity contribution in [2.24, 2.45) is 0 Å². The average molecular weight is 400 g/mol. The van der Waals surface area contributed by atoms with Gasteiger partial charge in [0.15, 0.2) is 0 Å². The summed E-state index contributed by atoms with van der Waals surface area (Å²) in [5, 5.41) is 14.7. The van der Waals surface area contributed by atoms with Crippen LogP contribution in [0.5, 0.6) is 0 Å². The molecule has 0 aliphatic carbocycles. The second kappa shape index (κ2) is 8.02. The zero-order chi connectivity index (χ0) is 20.5. The van der Waals surface area contributed by atoms with Crippen molar-refractivity contribution in [2.75, 3.05) is 26.2 Å². The molecule has 2 fully saturated rings. The summed E-state index contributed by atoms with van der Waals surface area (Å²) in [5.41, 5.74) is 1.40. The van der Waals surface area contributed by atoms with Gasteiger partial charge in [0.1, 0.15) is 6.04 Å². The number of piperidine rings is 1. The second-order valence-electron chi connectivity index (χ2n) is 7.69. The smallest absolute Gasteiger partial charge is 0.262 e. The van der Waals surface area contributed by atoms with E-state index >= 15 is 0 Å². The third-order valence-corrected chi connectivity index (χ3v) is 5.77. The first kappa shape index (κ1) is 19.7. The molecule has 29 heavy (non-hydrogen) atoms. The highest BCUT2D eigenvalue weighted by Crippen LogP contribution is 2.30. The summed E-state index contributed by atoms with van der Waals surface area (Å²) in [6, 6.07) is 4.42. The predicted octanol–water partition coefficient (Wildman–Crippen LogP) is -0.756. The fourth-order valence-electron chi connectivity index (χ4n) is 4.34. The highest BCUT2D eigenvalue weighted by atomic mass is 16.3. The van der Waals surface area contributed by atoms with Crippen molar-refractivity contribution in [2.45, 2.75) is 37.9 Å². The van der Waals surface area contributed by atoms with E-state index in [1.54, 1.807) is 12.1 Å². The number of aliphatic hydroxyl groups is 1. The van der Waals surface area contributed by atoms with Crippen LogP contribution in [-0.2, 0) is 16.1 Å². The molecule has 2 unspecified atom stereocenters. The zero-order valence-corrected chi connectivity index (χ0v) is 16.0. The van der Waals surface area contributed by atoms with Crippen LogP contribution in [0.1, 0.15) is 45.5 Å². The molecule has 3 aliphatic rings. The Hall–Kier alpha value is -2.62. The quantitative estimate of drug-likeness (QED) is 0.556. The van der Waals surface area contributed by atoms with Crippen LogP contribution < -0.4 is 10.6 Å². The average Bonchev–Trinajstić information content (AvgIpc) is 2.94. The van der Waals surface area contributed by atoms with E-state index in [2.05, 4.69) is 15.5 Å². The Morgan fingerprint density at radius 3 is 2.72 bits per heavy atom. The van der Waals surface area contributed by atoms with E-state index in [1.807, 2.05) is 6.07 Å². The molecule has 0 saturated carbocycles. The normalized spacial score (nSPS) is 25.3. The number of aliphatic hydroxyl groups excluding tert-OH is 1. The van der Waals surface area contributed by atoms with Gasteiger partial charge in [-0.05, 0) is 24.5 Å². The van der Waals surface area contributed by atoms with Crippen LogP contribution in [0.3, 0.4) is 0 Å². The van der Waals surface area contributed by atoms with Gasteiger partial charge in [-0.25, -0.2) is 0 Å². The monoisotopic (exact) mass is 400 g/mol. The van der Waals surface area contributed by atoms with Crippen LogP contribution in [0.25, 0.3) is 0 Å². The Morgan fingerprint density at radius 2 is 1.97 bits per heavy atom. The number of rotatable bonds is 5. The maximum absolute atomic E-state index is 13.1. The number of carbonyl (C=O) groups excluding carboxylic acids is 4. The Kier molecular flexibility index (Phi) is 5.44. The first-order valence-corrected chi connectivity index (χ1v) is 9.89. The summed E-state index contributed by atoms with van der Waals surface area (Å²) >= 11 is 0. The molecule has 1 aromatic carbocycles. The molecule has 9 nitrogen and oxygen atoms in total. The largest absolute Gasteiger partial charge is 0.396 e. The van der Waals surface area contributed by atoms with E-state index in [1.165, 1.54) is 0 Å². The van der Waals surface area contributed by atoms with E-state index in [0.29, 0.717) is 24.1 Å². The van der Waals surface area contributed by atoms with Gasteiger partial charge < -0.3 is 10.4 Å². The number of benzene rings is 1. The molecule has 0 spiro atoms. The summed E-state index contributed by atoms with van der Waals surface area (Å²) in [6.45, 7) is 2.94. The third kappa shape index (κ3) is 3.68. The van der Waals surface area contributed by atoms with Gasteiger partial charge in [-0.3, -0.25) is 34.3 Å². The van der Waals surface area contributed by atoms with Gasteiger partial charge in [-0.1, -0.05) is 12.1 Å². The molecular formula is C20H24N4O5. The molecule has 3 heterocycles. The zero-order valence-electron chi connectivity index (χ0n) is 16.0. The number of nitrogens with one attached hydrogen (secondary N) is 2. The van der Waals surface area contributed by atoms with Gasteiger partial charge in [-0.2, -0.15) is 0 Å². The summed E-state index contributed by atoms with van der Waals surface area (Å²) in [7, 11) is 0. The number of carbonyl (C=O) groups is 4. The summed E-state index contributed by atoms with van der Waals surface area (Å²) in [5.74, 6) is -1.96. The number of hydrogen-bond acceptors (Lipinski definition) is 7. The van der Waals surface area contributed by atoms with Crippen molar-refractivity contribution in [1.82, 2.24) is 20.4 Å². The standard InChI is InChI=1S/C20H24N4O5/c25-9-6-13-11-23(8-7-21-13)10-12-2-1-3-14-17(12)20(29)24(19(14)28)15-4-5-16(26)22-18(15)27/h1-3,13,15,21,25H,4-11H2,(H,22,26,27). The van der Waals surface area contributed by atoms with Gasteiger partial charge in [0.05, 0.1) is 11.1 Å². The minimum Gasteiger partial charge on any atom is -0.396 e. The molecule has 9 heteroatoms. The van der Waals surface area contributed by atoms with Crippen LogP contribution in [0, 0.1) is 0 Å². The lowest BCUT2D eigenvalue weighted by atomic mass is 10.0. The lowest BCUT2D eigenvalue weighted by Crippen LogP contribution is -2.54. The number of fused-ring (bicyclic) bond motifs is 1. The Balaban J connectivity index is 1.56. The molecule has 2 atom stereocenters. The first-order chi connectivity index (χ1) is 14.0. The number of nitrogens with zero attached hydrogens (tertiary/aromatic N) is 2. The van der Waals surface area contributed by atoms with Gasteiger partial charge in [0.2, 0.25) is 11.8 Å². The molecule has 2 saturated heterocycles. The predicted molar refractivity (Wildman–Crippen MR) is 102 cm³/mol. The lowest BCUT2D eigenvalue weighted by molar-refractivity contribution is -0.136. The molecule has 154 valence electrons. The van der Waals surface area contributed by atoms with E-state index < -0.39 is 23.8 Å². The topological polar surface area (TPSA) is 119 Å². The van der Waals surface area contributed by atoms with Gasteiger partial charge in [0.25, 0.3) is 11.8 Å². The number of imide groups is 2. The maximum atomic E-state index is 13.1. The molecule has 1 aromatic rings. The SMILES string of the molecule is O=C1CCC(N2C(=O)c3cccc(CN4CCNC(CCO)C4)c3C2=O)C(=O)N1. The van der Waals surface area contributed by atoms with Gasteiger partial charge in [0, 0.05) is 45.2 Å². The molecule has 3 aliphatic heterocycles. The number of piperazine rings is 1. The summed E-state index contributed by atoms with van der Waals surface area (Å²) in [6.07, 6.45) is 0.903. The minimum atomic E-state index is -0.957. The van der Waals surface area contributed by atoms with Crippen molar-refractivity contribution in [1.29, 1.82) is 0 Å². The number of hydrogen-bond donors (Lipinski definition) is 3. The fraction of sp³-hybridized carbons (Fsp3) is 0.500. The van der Waals surface area contributed by atoms with Crippen LogP contribution in [0.4, 0.5) is 0 Å². The van der Waals surface area contributed by atoms with Crippen LogP contribution in [0.2, 0.25) is 0 Å². The Labute approximate surface area is 168 Å². The number of amides is 4. The summed E-state index contributed by atoms with van der Waals surface area (Å²) in [4.78, 5) is 52.9. The van der Waals surface area contributed by atoms with Gasteiger partial charge in [-0.15, -0.1) is 0 Å². The lowest BCUT2D eigenvalue weighted by Gasteiger charge is -2.33. The fourth-order valence-corrected chi connectivity index (χ4v) is 4.34. The van der Waals surface area contributed by atoms with Crippen molar-refractivity contribution < 1.29 is 24.3 Å². The Bertz CT molecular complexity index is 868. The molecule has 3 N–H and O–H groups in total. The molecule has 0 aromatic heterocycles. The first-order valence-electron chi connectivity index (χ1n) is 9.89. The van der Waals surface area contributed by atoms with E-state index in [-0.39, 0.29) is 31.4 Å². The van der Waals surface area contributed by atoms with Crippen LogP contribution in [0.15, 0.2) is 18.2 Å². The molecule has 4 amide bonds. The second-order valence-corrected chi connectivity index (χ2v) is 7.69. The minimum absolute atomic E-state index is 0.101. The van der Waals surface area contributed by atoms with Crippen molar-refractivity contribution in [3.63, 3.8) is 0 Å². The van der Waals surface area contributed by atoms with E-state index in [9.17, 15) is 24.3 Å². The molecule has 4 rings (SSSR count). The highest BCUT2D eigenvalue weighted by Gasteiger charge is 2.45. The van der Waals surface area contributed by atoms with Gasteiger partial charge >= 0.3 is 0 Å². The van der Waals surface area contributed by atoms with E-state index in [4.69, 9.17) is 0 Å². The molecule has 0 bridgehead atoms. The highest BCUT2D eigenvalue weighted by molar-refractivity contribution is 6.24. The maximum Gasteiger partial charge on any atom is 0.262 e. The third-order valence-electron chi connectivity index (χ3n) is 5.77. The van der Waals surface area contributed by atoms with Crippen molar-refractivity contribution >= 4 is 23.6 Å². The van der Waals surface area contributed by atoms with E-state index in [0.717, 1.165) is 30.1 Å². The molecular weight excluding hydrogens is 376 g/mol. The van der Waals surface area contributed by atoms with Crippen LogP contribution in [-0.4, -0.2) is 76.9 Å².